The SMILES string of the molecule is O=C(NCc1cccc(CO)c1)c1c[nH]ccc1=O. The van der Waals surface area contributed by atoms with Crippen molar-refractivity contribution in [2.24, 2.45) is 0 Å². The summed E-state index contributed by atoms with van der Waals surface area (Å²) in [4.78, 5) is 26.0. The lowest BCUT2D eigenvalue weighted by atomic mass is 10.1. The second-order valence-corrected chi connectivity index (χ2v) is 4.08. The van der Waals surface area contributed by atoms with Crippen LogP contribution >= 0.6 is 0 Å². The number of hydrogen-bond acceptors (Lipinski definition) is 3. The number of pyridine rings is 1. The van der Waals surface area contributed by atoms with Gasteiger partial charge in [0.05, 0.1) is 6.61 Å². The van der Waals surface area contributed by atoms with E-state index < -0.39 is 5.91 Å². The van der Waals surface area contributed by atoms with Gasteiger partial charge in [-0.15, -0.1) is 0 Å². The zero-order valence-corrected chi connectivity index (χ0v) is 10.2. The molecule has 0 atom stereocenters. The topological polar surface area (TPSA) is 82.2 Å². The Morgan fingerprint density at radius 2 is 2.05 bits per heavy atom. The predicted octanol–water partition coefficient (Wildman–Crippen LogP) is 0.797. The van der Waals surface area contributed by atoms with E-state index in [9.17, 15) is 9.59 Å². The number of aromatic nitrogens is 1. The number of amides is 1. The monoisotopic (exact) mass is 258 g/mol. The molecule has 2 aromatic rings. The molecule has 3 N–H and O–H groups in total. The minimum atomic E-state index is -0.420. The highest BCUT2D eigenvalue weighted by Gasteiger charge is 2.08. The molecule has 1 heterocycles. The summed E-state index contributed by atoms with van der Waals surface area (Å²) in [6.45, 7) is 0.265. The predicted molar refractivity (Wildman–Crippen MR) is 70.6 cm³/mol. The number of H-pyrrole nitrogens is 1. The molecule has 0 radical (unpaired) electrons. The van der Waals surface area contributed by atoms with Crippen molar-refractivity contribution < 1.29 is 9.90 Å². The highest BCUT2D eigenvalue weighted by Crippen LogP contribution is 2.05. The number of nitrogens with one attached hydrogen (secondary N) is 2. The molecule has 0 spiro atoms. The van der Waals surface area contributed by atoms with Gasteiger partial charge in [0, 0.05) is 25.0 Å². The van der Waals surface area contributed by atoms with Gasteiger partial charge in [-0.25, -0.2) is 0 Å². The molecule has 98 valence electrons. The minimum absolute atomic E-state index is 0.0415. The zero-order valence-electron chi connectivity index (χ0n) is 10.2. The highest BCUT2D eigenvalue weighted by molar-refractivity contribution is 5.93. The van der Waals surface area contributed by atoms with Crippen molar-refractivity contribution in [3.63, 3.8) is 0 Å². The molecule has 0 aliphatic carbocycles. The molecule has 0 aliphatic heterocycles. The smallest absolute Gasteiger partial charge is 0.257 e. The molecule has 0 bridgehead atoms. The second-order valence-electron chi connectivity index (χ2n) is 4.08. The summed E-state index contributed by atoms with van der Waals surface area (Å²) >= 11 is 0. The first-order chi connectivity index (χ1) is 9.20. The van der Waals surface area contributed by atoms with Crippen LogP contribution in [-0.4, -0.2) is 16.0 Å². The van der Waals surface area contributed by atoms with Crippen molar-refractivity contribution >= 4 is 5.91 Å². The number of aromatic amines is 1. The number of carbonyl (C=O) groups is 1. The molecule has 0 unspecified atom stereocenters. The third-order valence-electron chi connectivity index (χ3n) is 2.70. The van der Waals surface area contributed by atoms with Crippen LogP contribution in [0.15, 0.2) is 47.5 Å². The highest BCUT2D eigenvalue weighted by atomic mass is 16.3. The molecule has 2 rings (SSSR count). The average Bonchev–Trinajstić information content (AvgIpc) is 2.45. The summed E-state index contributed by atoms with van der Waals surface area (Å²) in [5.41, 5.74) is 1.41. The molecule has 5 nitrogen and oxygen atoms in total. The molecule has 5 heteroatoms. The fraction of sp³-hybridized carbons (Fsp3) is 0.143. The van der Waals surface area contributed by atoms with E-state index in [4.69, 9.17) is 5.11 Å². The summed E-state index contributed by atoms with van der Waals surface area (Å²) in [6.07, 6.45) is 2.85. The van der Waals surface area contributed by atoms with E-state index in [1.54, 1.807) is 12.1 Å². The Morgan fingerprint density at radius 3 is 2.79 bits per heavy atom. The summed E-state index contributed by atoms with van der Waals surface area (Å²) in [5.74, 6) is -0.420. The number of aliphatic hydroxyl groups excluding tert-OH is 1. The summed E-state index contributed by atoms with van der Waals surface area (Å²) in [6, 6.07) is 8.56. The zero-order chi connectivity index (χ0) is 13.7. The van der Waals surface area contributed by atoms with E-state index in [0.29, 0.717) is 6.54 Å². The first kappa shape index (κ1) is 13.0. The van der Waals surface area contributed by atoms with Crippen molar-refractivity contribution in [3.05, 3.63) is 69.6 Å². The molecule has 0 saturated heterocycles. The minimum Gasteiger partial charge on any atom is -0.392 e. The van der Waals surface area contributed by atoms with Gasteiger partial charge < -0.3 is 15.4 Å². The van der Waals surface area contributed by atoms with Gasteiger partial charge in [-0.05, 0) is 11.1 Å². The van der Waals surface area contributed by atoms with Gasteiger partial charge in [0.1, 0.15) is 5.56 Å². The molecule has 0 fully saturated rings. The Hall–Kier alpha value is -2.40. The van der Waals surface area contributed by atoms with Crippen LogP contribution in [0.1, 0.15) is 21.5 Å². The summed E-state index contributed by atoms with van der Waals surface area (Å²) < 4.78 is 0. The van der Waals surface area contributed by atoms with E-state index in [-0.39, 0.29) is 17.6 Å². The Morgan fingerprint density at radius 1 is 1.26 bits per heavy atom. The maximum Gasteiger partial charge on any atom is 0.257 e. The quantitative estimate of drug-likeness (QED) is 0.758. The Kier molecular flexibility index (Phi) is 4.10. The fourth-order valence-corrected chi connectivity index (χ4v) is 1.71. The normalized spacial score (nSPS) is 10.2. The molecular weight excluding hydrogens is 244 g/mol. The first-order valence-electron chi connectivity index (χ1n) is 5.84. The number of aliphatic hydroxyl groups is 1. The molecule has 0 aliphatic rings. The van der Waals surface area contributed by atoms with Gasteiger partial charge in [-0.3, -0.25) is 9.59 Å². The number of hydrogen-bond donors (Lipinski definition) is 3. The lowest BCUT2D eigenvalue weighted by Gasteiger charge is -2.06. The van der Waals surface area contributed by atoms with Crippen molar-refractivity contribution in [1.29, 1.82) is 0 Å². The number of carbonyl (C=O) groups excluding carboxylic acids is 1. The van der Waals surface area contributed by atoms with Crippen LogP contribution in [0, 0.1) is 0 Å². The third-order valence-corrected chi connectivity index (χ3v) is 2.70. The van der Waals surface area contributed by atoms with Crippen LogP contribution < -0.4 is 10.7 Å². The van der Waals surface area contributed by atoms with E-state index in [2.05, 4.69) is 10.3 Å². The Bertz CT molecular complexity index is 634. The Labute approximate surface area is 109 Å². The van der Waals surface area contributed by atoms with E-state index in [1.165, 1.54) is 18.5 Å². The standard InChI is InChI=1S/C14H14N2O3/c17-9-11-3-1-2-10(6-11)7-16-14(19)12-8-15-5-4-13(12)18/h1-6,8,17H,7,9H2,(H,15,18)(H,16,19). The molecule has 19 heavy (non-hydrogen) atoms. The van der Waals surface area contributed by atoms with Gasteiger partial charge >= 0.3 is 0 Å². The molecule has 0 saturated carbocycles. The van der Waals surface area contributed by atoms with Crippen LogP contribution in [0.3, 0.4) is 0 Å². The summed E-state index contributed by atoms with van der Waals surface area (Å²) in [7, 11) is 0. The second kappa shape index (κ2) is 5.97. The van der Waals surface area contributed by atoms with E-state index in [0.717, 1.165) is 11.1 Å². The van der Waals surface area contributed by atoms with E-state index in [1.807, 2.05) is 12.1 Å². The van der Waals surface area contributed by atoms with E-state index >= 15 is 0 Å². The average molecular weight is 258 g/mol. The lowest BCUT2D eigenvalue weighted by Crippen LogP contribution is -2.28. The van der Waals surface area contributed by atoms with Crippen molar-refractivity contribution in [2.45, 2.75) is 13.2 Å². The van der Waals surface area contributed by atoms with Crippen LogP contribution in [0.25, 0.3) is 0 Å². The molecular formula is C14H14N2O3. The van der Waals surface area contributed by atoms with Gasteiger partial charge in [0.2, 0.25) is 0 Å². The number of benzene rings is 1. The molecule has 1 aromatic carbocycles. The fourth-order valence-electron chi connectivity index (χ4n) is 1.71. The van der Waals surface area contributed by atoms with Crippen molar-refractivity contribution in [1.82, 2.24) is 10.3 Å². The lowest BCUT2D eigenvalue weighted by molar-refractivity contribution is 0.0949. The van der Waals surface area contributed by atoms with Crippen molar-refractivity contribution in [2.75, 3.05) is 0 Å². The third kappa shape index (κ3) is 3.29. The first-order valence-corrected chi connectivity index (χ1v) is 5.84. The maximum absolute atomic E-state index is 11.8. The van der Waals surface area contributed by atoms with Gasteiger partial charge in [0.25, 0.3) is 5.91 Å². The van der Waals surface area contributed by atoms with Crippen LogP contribution in [0.2, 0.25) is 0 Å². The molecule has 1 amide bonds. The van der Waals surface area contributed by atoms with Crippen LogP contribution in [0.5, 0.6) is 0 Å². The Balaban J connectivity index is 2.04. The van der Waals surface area contributed by atoms with Gasteiger partial charge in [0.15, 0.2) is 5.43 Å². The van der Waals surface area contributed by atoms with Gasteiger partial charge in [-0.1, -0.05) is 24.3 Å². The maximum atomic E-state index is 11.8. The largest absolute Gasteiger partial charge is 0.392 e. The van der Waals surface area contributed by atoms with Gasteiger partial charge in [-0.2, -0.15) is 0 Å². The molecule has 1 aromatic heterocycles. The van der Waals surface area contributed by atoms with Crippen LogP contribution in [0.4, 0.5) is 0 Å². The van der Waals surface area contributed by atoms with Crippen molar-refractivity contribution in [3.8, 4) is 0 Å². The number of rotatable bonds is 4. The summed E-state index contributed by atoms with van der Waals surface area (Å²) in [5, 5.41) is 11.7. The van der Waals surface area contributed by atoms with Crippen LogP contribution in [-0.2, 0) is 13.2 Å².